The maximum absolute atomic E-state index is 12.6. The van der Waals surface area contributed by atoms with Crippen molar-refractivity contribution in [3.05, 3.63) is 23.7 Å². The molecule has 0 aliphatic heterocycles. The van der Waals surface area contributed by atoms with Crippen LogP contribution in [0.1, 0.15) is 22.1 Å². The first-order chi connectivity index (χ1) is 9.51. The molecular weight excluding hydrogens is 308 g/mol. The van der Waals surface area contributed by atoms with Crippen LogP contribution in [0, 0.1) is 0 Å². The third kappa shape index (κ3) is 2.76. The predicted octanol–water partition coefficient (Wildman–Crippen LogP) is 2.86. The minimum atomic E-state index is -5.63. The molecule has 5 nitrogen and oxygen atoms in total. The zero-order valence-electron chi connectivity index (χ0n) is 9.75. The summed E-state index contributed by atoms with van der Waals surface area (Å²) in [4.78, 5) is 19.2. The van der Waals surface area contributed by atoms with Crippen molar-refractivity contribution in [2.45, 2.75) is 18.3 Å². The van der Waals surface area contributed by atoms with Gasteiger partial charge in [-0.1, -0.05) is 0 Å². The Morgan fingerprint density at radius 1 is 1.19 bits per heavy atom. The van der Waals surface area contributed by atoms with Crippen LogP contribution in [0.4, 0.5) is 26.3 Å². The van der Waals surface area contributed by atoms with Crippen LogP contribution in [-0.2, 0) is 0 Å². The third-order valence-electron chi connectivity index (χ3n) is 2.57. The molecule has 0 amide bonds. The maximum Gasteiger partial charge on any atom is 0.407 e. The lowest BCUT2D eigenvalue weighted by molar-refractivity contribution is -0.255. The molecule has 2 heterocycles. The Hall–Kier alpha value is -2.33. The smallest absolute Gasteiger partial charge is 0.407 e. The summed E-state index contributed by atoms with van der Waals surface area (Å²) in [5.74, 6) is -6.83. The lowest BCUT2D eigenvalue weighted by atomic mass is 10.1. The molecule has 2 aromatic rings. The van der Waals surface area contributed by atoms with Crippen LogP contribution in [0.25, 0.3) is 11.2 Å². The Morgan fingerprint density at radius 2 is 1.76 bits per heavy atom. The van der Waals surface area contributed by atoms with Crippen molar-refractivity contribution < 1.29 is 36.2 Å². The van der Waals surface area contributed by atoms with Crippen molar-refractivity contribution in [1.82, 2.24) is 15.0 Å². The summed E-state index contributed by atoms with van der Waals surface area (Å²) < 4.78 is 75.4. The number of hydrogen-bond acceptors (Lipinski definition) is 3. The number of carbonyl (C=O) groups is 1. The number of halogens is 6. The number of nitrogens with one attached hydrogen (secondary N) is 1. The van der Waals surface area contributed by atoms with Gasteiger partial charge in [-0.2, -0.15) is 26.3 Å². The largest absolute Gasteiger partial charge is 0.478 e. The van der Waals surface area contributed by atoms with Crippen LogP contribution in [0.5, 0.6) is 0 Å². The number of fused-ring (bicyclic) bond motifs is 1. The van der Waals surface area contributed by atoms with Gasteiger partial charge in [-0.25, -0.2) is 14.8 Å². The van der Waals surface area contributed by atoms with E-state index in [1.165, 1.54) is 0 Å². The van der Waals surface area contributed by atoms with Gasteiger partial charge in [-0.15, -0.1) is 0 Å². The monoisotopic (exact) mass is 313 g/mol. The molecule has 11 heteroatoms. The van der Waals surface area contributed by atoms with Gasteiger partial charge >= 0.3 is 18.3 Å². The van der Waals surface area contributed by atoms with Crippen molar-refractivity contribution in [3.63, 3.8) is 0 Å². The minimum Gasteiger partial charge on any atom is -0.478 e. The number of aromatic amines is 1. The molecule has 0 radical (unpaired) electrons. The van der Waals surface area contributed by atoms with E-state index < -0.39 is 46.8 Å². The molecule has 2 aromatic heterocycles. The zero-order chi connectivity index (χ0) is 16.0. The Balaban J connectivity index is 2.66. The molecule has 0 spiro atoms. The number of aromatic carboxylic acids is 1. The fourth-order valence-electron chi connectivity index (χ4n) is 1.74. The van der Waals surface area contributed by atoms with Crippen molar-refractivity contribution in [2.75, 3.05) is 0 Å². The second kappa shape index (κ2) is 4.60. The topological polar surface area (TPSA) is 78.9 Å². The van der Waals surface area contributed by atoms with Gasteiger partial charge in [0.05, 0.1) is 11.1 Å². The quantitative estimate of drug-likeness (QED) is 0.836. The van der Waals surface area contributed by atoms with Gasteiger partial charge in [0.25, 0.3) is 0 Å². The highest BCUT2D eigenvalue weighted by atomic mass is 19.4. The summed E-state index contributed by atoms with van der Waals surface area (Å²) >= 11 is 0. The van der Waals surface area contributed by atoms with E-state index in [4.69, 9.17) is 5.11 Å². The molecule has 0 aromatic carbocycles. The Morgan fingerprint density at radius 3 is 2.24 bits per heavy atom. The number of carboxylic acid groups (broad SMARTS) is 1. The van der Waals surface area contributed by atoms with Gasteiger partial charge in [0, 0.05) is 6.20 Å². The first-order valence-corrected chi connectivity index (χ1v) is 5.23. The molecule has 0 unspecified atom stereocenters. The number of aromatic nitrogens is 3. The molecule has 0 bridgehead atoms. The minimum absolute atomic E-state index is 0.501. The molecule has 0 saturated heterocycles. The molecule has 0 fully saturated rings. The van der Waals surface area contributed by atoms with E-state index in [1.54, 1.807) is 4.98 Å². The van der Waals surface area contributed by atoms with Gasteiger partial charge < -0.3 is 10.1 Å². The first-order valence-electron chi connectivity index (χ1n) is 5.23. The maximum atomic E-state index is 12.6. The number of rotatable bonds is 2. The van der Waals surface area contributed by atoms with Crippen molar-refractivity contribution in [2.24, 2.45) is 0 Å². The van der Waals surface area contributed by atoms with Crippen LogP contribution in [0.2, 0.25) is 0 Å². The SMILES string of the molecule is O=C(O)c1ccnc2nc(C(C(F)(F)F)C(F)(F)F)[nH]c12. The van der Waals surface area contributed by atoms with Crippen LogP contribution in [0.3, 0.4) is 0 Å². The van der Waals surface area contributed by atoms with E-state index in [0.717, 1.165) is 12.3 Å². The second-order valence-corrected chi connectivity index (χ2v) is 4.00. The molecule has 0 aliphatic carbocycles. The van der Waals surface area contributed by atoms with Crippen LogP contribution in [-0.4, -0.2) is 38.4 Å². The first kappa shape index (κ1) is 15.1. The van der Waals surface area contributed by atoms with Crippen molar-refractivity contribution >= 4 is 17.1 Å². The van der Waals surface area contributed by atoms with E-state index in [-0.39, 0.29) is 0 Å². The molecule has 0 saturated carbocycles. The fraction of sp³-hybridized carbons (Fsp3) is 0.300. The summed E-state index contributed by atoms with van der Waals surface area (Å²) in [6.45, 7) is 0. The van der Waals surface area contributed by atoms with E-state index in [9.17, 15) is 31.1 Å². The number of carboxylic acids is 1. The molecular formula is C10H5F6N3O2. The van der Waals surface area contributed by atoms with Crippen LogP contribution >= 0.6 is 0 Å². The number of nitrogens with zero attached hydrogens (tertiary/aromatic N) is 2. The van der Waals surface area contributed by atoms with Gasteiger partial charge in [0.2, 0.25) is 5.92 Å². The fourth-order valence-corrected chi connectivity index (χ4v) is 1.74. The Labute approximate surface area is 111 Å². The third-order valence-corrected chi connectivity index (χ3v) is 2.57. The van der Waals surface area contributed by atoms with Crippen molar-refractivity contribution in [1.29, 1.82) is 0 Å². The summed E-state index contributed by atoms with van der Waals surface area (Å²) in [6.07, 6.45) is -10.3. The predicted molar refractivity (Wildman–Crippen MR) is 55.7 cm³/mol. The highest BCUT2D eigenvalue weighted by molar-refractivity contribution is 5.99. The molecule has 21 heavy (non-hydrogen) atoms. The molecule has 0 atom stereocenters. The molecule has 114 valence electrons. The second-order valence-electron chi connectivity index (χ2n) is 4.00. The summed E-state index contributed by atoms with van der Waals surface area (Å²) in [5.41, 5.74) is -1.57. The van der Waals surface area contributed by atoms with Gasteiger partial charge in [0.1, 0.15) is 5.82 Å². The van der Waals surface area contributed by atoms with E-state index in [1.807, 2.05) is 0 Å². The van der Waals surface area contributed by atoms with Crippen molar-refractivity contribution in [3.8, 4) is 0 Å². The summed E-state index contributed by atoms with van der Waals surface area (Å²) in [7, 11) is 0. The number of pyridine rings is 1. The number of H-pyrrole nitrogens is 1. The van der Waals surface area contributed by atoms with E-state index in [0.29, 0.717) is 0 Å². The molecule has 2 N–H and O–H groups in total. The van der Waals surface area contributed by atoms with E-state index >= 15 is 0 Å². The highest BCUT2D eigenvalue weighted by Gasteiger charge is 2.59. The Bertz CT molecular complexity index is 676. The normalized spacial score (nSPS) is 13.1. The number of hydrogen-bond donors (Lipinski definition) is 2. The number of alkyl halides is 6. The Kier molecular flexibility index (Phi) is 3.30. The highest BCUT2D eigenvalue weighted by Crippen LogP contribution is 2.45. The summed E-state index contributed by atoms with van der Waals surface area (Å²) in [6, 6.07) is 0.933. The van der Waals surface area contributed by atoms with Gasteiger partial charge in [0.15, 0.2) is 5.65 Å². The molecule has 2 rings (SSSR count). The van der Waals surface area contributed by atoms with Crippen LogP contribution in [0.15, 0.2) is 12.3 Å². The number of imidazole rings is 1. The van der Waals surface area contributed by atoms with Gasteiger partial charge in [-0.3, -0.25) is 0 Å². The van der Waals surface area contributed by atoms with Crippen LogP contribution < -0.4 is 0 Å². The van der Waals surface area contributed by atoms with E-state index in [2.05, 4.69) is 9.97 Å². The lowest BCUT2D eigenvalue weighted by Crippen LogP contribution is -2.34. The standard InChI is InChI=1S/C10H5F6N3O2/c11-9(12,13)5(10(14,15)16)7-18-4-3(8(20)21)1-2-17-6(4)19-7/h1-2,5H,(H,20,21)(H,17,18,19). The zero-order valence-corrected chi connectivity index (χ0v) is 9.75. The average molecular weight is 313 g/mol. The summed E-state index contributed by atoms with van der Waals surface area (Å²) in [5, 5.41) is 8.83. The molecule has 0 aliphatic rings. The average Bonchev–Trinajstić information content (AvgIpc) is 2.66. The lowest BCUT2D eigenvalue weighted by Gasteiger charge is -2.20. The van der Waals surface area contributed by atoms with Gasteiger partial charge in [-0.05, 0) is 6.07 Å².